The molecule has 0 radical (unpaired) electrons. The molecule has 0 bridgehead atoms. The molecule has 17 heavy (non-hydrogen) atoms. The molecule has 1 heteroatoms. The smallest absolute Gasteiger partial charge is 0.0294 e. The van der Waals surface area contributed by atoms with Crippen molar-refractivity contribution in [2.45, 2.75) is 59.0 Å². The molecule has 0 spiro atoms. The lowest BCUT2D eigenvalue weighted by atomic mass is 9.91. The Kier molecular flexibility index (Phi) is 3.58. The second kappa shape index (κ2) is 4.81. The highest BCUT2D eigenvalue weighted by atomic mass is 15.0. The minimum Gasteiger partial charge on any atom is -0.307 e. The molecular formula is C16H25N. The molecule has 1 aromatic carbocycles. The van der Waals surface area contributed by atoms with Crippen LogP contribution in [0.25, 0.3) is 0 Å². The normalized spacial score (nSPS) is 24.8. The van der Waals surface area contributed by atoms with Gasteiger partial charge in [-0.2, -0.15) is 0 Å². The van der Waals surface area contributed by atoms with Gasteiger partial charge in [0, 0.05) is 12.1 Å². The monoisotopic (exact) mass is 231 g/mol. The number of rotatable bonds is 3. The number of aryl methyl sites for hydroxylation is 1. The molecule has 94 valence electrons. The van der Waals surface area contributed by atoms with E-state index in [1.165, 1.54) is 30.4 Å². The average Bonchev–Trinajstić information content (AvgIpc) is 2.59. The van der Waals surface area contributed by atoms with Gasteiger partial charge in [0.15, 0.2) is 0 Å². The summed E-state index contributed by atoms with van der Waals surface area (Å²) in [7, 11) is 0. The molecule has 1 N–H and O–H groups in total. The van der Waals surface area contributed by atoms with Crippen LogP contribution in [0.3, 0.4) is 0 Å². The average molecular weight is 231 g/mol. The molecule has 1 aliphatic rings. The van der Waals surface area contributed by atoms with Crippen LogP contribution in [0, 0.1) is 12.3 Å². The van der Waals surface area contributed by atoms with Crippen LogP contribution in [0.15, 0.2) is 24.3 Å². The van der Waals surface area contributed by atoms with Gasteiger partial charge in [-0.05, 0) is 44.1 Å². The highest BCUT2D eigenvalue weighted by molar-refractivity contribution is 5.23. The molecule has 2 rings (SSSR count). The first-order chi connectivity index (χ1) is 7.96. The third-order valence-corrected chi connectivity index (χ3v) is 4.03. The van der Waals surface area contributed by atoms with Crippen LogP contribution in [0.2, 0.25) is 0 Å². The summed E-state index contributed by atoms with van der Waals surface area (Å²) in [6.45, 7) is 9.17. The zero-order valence-corrected chi connectivity index (χ0v) is 11.6. The van der Waals surface area contributed by atoms with Gasteiger partial charge >= 0.3 is 0 Å². The topological polar surface area (TPSA) is 12.0 Å². The van der Waals surface area contributed by atoms with E-state index in [-0.39, 0.29) is 0 Å². The summed E-state index contributed by atoms with van der Waals surface area (Å²) >= 11 is 0. The molecule has 1 fully saturated rings. The quantitative estimate of drug-likeness (QED) is 0.821. The van der Waals surface area contributed by atoms with E-state index >= 15 is 0 Å². The Morgan fingerprint density at radius 2 is 1.88 bits per heavy atom. The Morgan fingerprint density at radius 1 is 1.24 bits per heavy atom. The molecule has 0 aliphatic heterocycles. The predicted octanol–water partition coefficient (Wildman–Crippen LogP) is 4.22. The summed E-state index contributed by atoms with van der Waals surface area (Å²) in [6, 6.07) is 10.1. The molecular weight excluding hydrogens is 206 g/mol. The first-order valence-electron chi connectivity index (χ1n) is 6.79. The summed E-state index contributed by atoms with van der Waals surface area (Å²) in [5.74, 6) is 0. The lowest BCUT2D eigenvalue weighted by molar-refractivity contribution is 0.356. The fourth-order valence-electron chi connectivity index (χ4n) is 2.88. The van der Waals surface area contributed by atoms with Crippen molar-refractivity contribution in [3.63, 3.8) is 0 Å². The van der Waals surface area contributed by atoms with Crippen molar-refractivity contribution in [3.8, 4) is 0 Å². The number of hydrogen-bond acceptors (Lipinski definition) is 1. The van der Waals surface area contributed by atoms with Gasteiger partial charge in [-0.3, -0.25) is 0 Å². The maximum absolute atomic E-state index is 3.77. The van der Waals surface area contributed by atoms with E-state index in [0.717, 1.165) is 0 Å². The SMILES string of the molecule is Cc1ccc(C(C)NC2CCC(C)(C)C2)cc1. The molecule has 2 unspecified atom stereocenters. The van der Waals surface area contributed by atoms with E-state index in [2.05, 4.69) is 57.3 Å². The van der Waals surface area contributed by atoms with Gasteiger partial charge in [-0.1, -0.05) is 43.7 Å². The van der Waals surface area contributed by atoms with Crippen LogP contribution < -0.4 is 5.32 Å². The van der Waals surface area contributed by atoms with E-state index in [1.807, 2.05) is 0 Å². The maximum atomic E-state index is 3.77. The molecule has 2 atom stereocenters. The second-order valence-corrected chi connectivity index (χ2v) is 6.40. The largest absolute Gasteiger partial charge is 0.307 e. The number of nitrogens with one attached hydrogen (secondary N) is 1. The summed E-state index contributed by atoms with van der Waals surface area (Å²) in [4.78, 5) is 0. The van der Waals surface area contributed by atoms with Crippen LogP contribution in [-0.2, 0) is 0 Å². The molecule has 0 heterocycles. The van der Waals surface area contributed by atoms with Crippen molar-refractivity contribution in [3.05, 3.63) is 35.4 Å². The molecule has 0 saturated heterocycles. The zero-order valence-electron chi connectivity index (χ0n) is 11.6. The highest BCUT2D eigenvalue weighted by Gasteiger charge is 2.31. The maximum Gasteiger partial charge on any atom is 0.0294 e. The first-order valence-corrected chi connectivity index (χ1v) is 6.79. The van der Waals surface area contributed by atoms with Gasteiger partial charge in [-0.15, -0.1) is 0 Å². The highest BCUT2D eigenvalue weighted by Crippen LogP contribution is 2.37. The zero-order chi connectivity index (χ0) is 12.5. The van der Waals surface area contributed by atoms with Gasteiger partial charge in [0.05, 0.1) is 0 Å². The molecule has 0 aromatic heterocycles. The second-order valence-electron chi connectivity index (χ2n) is 6.40. The lowest BCUT2D eigenvalue weighted by Crippen LogP contribution is -2.30. The Morgan fingerprint density at radius 3 is 2.41 bits per heavy atom. The van der Waals surface area contributed by atoms with E-state index in [0.29, 0.717) is 17.5 Å². The lowest BCUT2D eigenvalue weighted by Gasteiger charge is -2.22. The van der Waals surface area contributed by atoms with Crippen molar-refractivity contribution in [2.24, 2.45) is 5.41 Å². The molecule has 1 aromatic rings. The fourth-order valence-corrected chi connectivity index (χ4v) is 2.88. The third kappa shape index (κ3) is 3.32. The summed E-state index contributed by atoms with van der Waals surface area (Å²) in [6.07, 6.45) is 3.98. The van der Waals surface area contributed by atoms with Crippen molar-refractivity contribution < 1.29 is 0 Å². The van der Waals surface area contributed by atoms with Crippen LogP contribution in [-0.4, -0.2) is 6.04 Å². The van der Waals surface area contributed by atoms with Crippen LogP contribution in [0.4, 0.5) is 0 Å². The van der Waals surface area contributed by atoms with E-state index in [1.54, 1.807) is 0 Å². The van der Waals surface area contributed by atoms with Crippen LogP contribution >= 0.6 is 0 Å². The third-order valence-electron chi connectivity index (χ3n) is 4.03. The van der Waals surface area contributed by atoms with Gasteiger partial charge in [0.2, 0.25) is 0 Å². The summed E-state index contributed by atoms with van der Waals surface area (Å²) in [5, 5.41) is 3.77. The Balaban J connectivity index is 1.93. The first kappa shape index (κ1) is 12.6. The van der Waals surface area contributed by atoms with Crippen molar-refractivity contribution in [1.29, 1.82) is 0 Å². The summed E-state index contributed by atoms with van der Waals surface area (Å²) in [5.41, 5.74) is 3.27. The van der Waals surface area contributed by atoms with Gasteiger partial charge in [-0.25, -0.2) is 0 Å². The molecule has 0 amide bonds. The Hall–Kier alpha value is -0.820. The van der Waals surface area contributed by atoms with Crippen molar-refractivity contribution in [2.75, 3.05) is 0 Å². The molecule has 1 nitrogen and oxygen atoms in total. The minimum absolute atomic E-state index is 0.467. The molecule has 1 aliphatic carbocycles. The van der Waals surface area contributed by atoms with Crippen molar-refractivity contribution >= 4 is 0 Å². The molecule has 1 saturated carbocycles. The number of hydrogen-bond donors (Lipinski definition) is 1. The fraction of sp³-hybridized carbons (Fsp3) is 0.625. The van der Waals surface area contributed by atoms with E-state index < -0.39 is 0 Å². The minimum atomic E-state index is 0.467. The number of benzene rings is 1. The van der Waals surface area contributed by atoms with E-state index in [9.17, 15) is 0 Å². The Bertz CT molecular complexity index is 364. The van der Waals surface area contributed by atoms with Gasteiger partial charge in [0.25, 0.3) is 0 Å². The van der Waals surface area contributed by atoms with Crippen LogP contribution in [0.5, 0.6) is 0 Å². The Labute approximate surface area is 106 Å². The van der Waals surface area contributed by atoms with Crippen molar-refractivity contribution in [1.82, 2.24) is 5.32 Å². The van der Waals surface area contributed by atoms with Gasteiger partial charge in [0.1, 0.15) is 0 Å². The van der Waals surface area contributed by atoms with Crippen LogP contribution in [0.1, 0.15) is 57.2 Å². The standard InChI is InChI=1S/C16H25N/c1-12-5-7-14(8-6-12)13(2)17-15-9-10-16(3,4)11-15/h5-8,13,15,17H,9-11H2,1-4H3. The predicted molar refractivity (Wildman–Crippen MR) is 74.1 cm³/mol. The van der Waals surface area contributed by atoms with Gasteiger partial charge < -0.3 is 5.32 Å². The van der Waals surface area contributed by atoms with E-state index in [4.69, 9.17) is 0 Å². The summed E-state index contributed by atoms with van der Waals surface area (Å²) < 4.78 is 0.